The third-order valence-electron chi connectivity index (χ3n) is 7.85. The number of nitrogens with one attached hydrogen (secondary N) is 2. The monoisotopic (exact) mass is 429 g/mol. The molecule has 4 aliphatic carbocycles. The minimum atomic E-state index is -0.0442. The number of hydrogen-bond acceptors (Lipinski definition) is 2. The second kappa shape index (κ2) is 7.54. The van der Waals surface area contributed by atoms with E-state index in [-0.39, 0.29) is 11.6 Å². The van der Waals surface area contributed by atoms with Gasteiger partial charge in [-0.15, -0.1) is 0 Å². The standard InChI is InChI=1S/C26H31N5O/c1-18-23(24(30-9-5-6-10-30)31(29-18)22-7-3-2-4-8-22)17-27-25(32)28-26-14-19-11-20(15-26)13-21(12-19)16-26/h2-10,19-21H,11-17H2,1H3,(H2,27,28,32). The van der Waals surface area contributed by atoms with Gasteiger partial charge >= 0.3 is 6.03 Å². The van der Waals surface area contributed by atoms with E-state index in [0.29, 0.717) is 6.54 Å². The molecule has 32 heavy (non-hydrogen) atoms. The molecule has 4 fully saturated rings. The molecule has 6 heteroatoms. The summed E-state index contributed by atoms with van der Waals surface area (Å²) in [7, 11) is 0. The molecule has 4 aliphatic rings. The number of rotatable bonds is 5. The normalized spacial score (nSPS) is 28.1. The van der Waals surface area contributed by atoms with Gasteiger partial charge in [0.25, 0.3) is 0 Å². The van der Waals surface area contributed by atoms with Crippen LogP contribution in [0.4, 0.5) is 4.79 Å². The van der Waals surface area contributed by atoms with Crippen molar-refractivity contribution in [2.24, 2.45) is 17.8 Å². The minimum absolute atomic E-state index is 0.0192. The van der Waals surface area contributed by atoms with E-state index in [2.05, 4.69) is 27.3 Å². The van der Waals surface area contributed by atoms with Crippen molar-refractivity contribution in [2.45, 2.75) is 57.5 Å². The summed E-state index contributed by atoms with van der Waals surface area (Å²) in [6, 6.07) is 14.1. The Balaban J connectivity index is 1.23. The number of carbonyl (C=O) groups is 1. The van der Waals surface area contributed by atoms with Gasteiger partial charge in [0.15, 0.2) is 0 Å². The van der Waals surface area contributed by atoms with Crippen LogP contribution in [-0.2, 0) is 6.54 Å². The predicted octanol–water partition coefficient (Wildman–Crippen LogP) is 4.74. The van der Waals surface area contributed by atoms with Crippen LogP contribution >= 0.6 is 0 Å². The Labute approximate surface area is 189 Å². The van der Waals surface area contributed by atoms with Crippen molar-refractivity contribution in [1.29, 1.82) is 0 Å². The first-order chi connectivity index (χ1) is 15.6. The van der Waals surface area contributed by atoms with Gasteiger partial charge in [0, 0.05) is 23.5 Å². The van der Waals surface area contributed by atoms with Crippen molar-refractivity contribution in [3.8, 4) is 11.5 Å². The molecule has 166 valence electrons. The van der Waals surface area contributed by atoms with E-state index in [1.165, 1.54) is 19.3 Å². The smallest absolute Gasteiger partial charge is 0.315 e. The number of aromatic nitrogens is 3. The van der Waals surface area contributed by atoms with Crippen LogP contribution in [0, 0.1) is 24.7 Å². The molecule has 1 aromatic carbocycles. The van der Waals surface area contributed by atoms with Crippen LogP contribution in [0.2, 0.25) is 0 Å². The number of urea groups is 1. The van der Waals surface area contributed by atoms with Crippen LogP contribution in [-0.4, -0.2) is 25.9 Å². The average molecular weight is 430 g/mol. The van der Waals surface area contributed by atoms with Crippen LogP contribution in [0.1, 0.15) is 49.8 Å². The van der Waals surface area contributed by atoms with Gasteiger partial charge in [0.2, 0.25) is 0 Å². The molecule has 2 amide bonds. The molecular formula is C26H31N5O. The summed E-state index contributed by atoms with van der Waals surface area (Å²) in [6.45, 7) is 2.46. The average Bonchev–Trinajstić information content (AvgIpc) is 3.39. The van der Waals surface area contributed by atoms with Gasteiger partial charge in [-0.25, -0.2) is 9.48 Å². The van der Waals surface area contributed by atoms with E-state index in [4.69, 9.17) is 5.10 Å². The van der Waals surface area contributed by atoms with Crippen molar-refractivity contribution in [1.82, 2.24) is 25.0 Å². The van der Waals surface area contributed by atoms with E-state index in [1.54, 1.807) is 0 Å². The topological polar surface area (TPSA) is 63.9 Å². The Hall–Kier alpha value is -3.02. The number of nitrogens with zero attached hydrogens (tertiary/aromatic N) is 3. The van der Waals surface area contributed by atoms with Gasteiger partial charge < -0.3 is 15.2 Å². The van der Waals surface area contributed by atoms with E-state index in [1.807, 2.05) is 54.3 Å². The second-order valence-corrected chi connectivity index (χ2v) is 10.2. The van der Waals surface area contributed by atoms with Crippen LogP contribution in [0.15, 0.2) is 54.9 Å². The quantitative estimate of drug-likeness (QED) is 0.615. The first-order valence-corrected chi connectivity index (χ1v) is 11.9. The molecule has 0 aliphatic heterocycles. The van der Waals surface area contributed by atoms with E-state index < -0.39 is 0 Å². The van der Waals surface area contributed by atoms with Crippen molar-refractivity contribution in [2.75, 3.05) is 0 Å². The first kappa shape index (κ1) is 19.6. The number of hydrogen-bond donors (Lipinski definition) is 2. The predicted molar refractivity (Wildman–Crippen MR) is 124 cm³/mol. The van der Waals surface area contributed by atoms with E-state index in [0.717, 1.165) is 59.8 Å². The highest BCUT2D eigenvalue weighted by Crippen LogP contribution is 2.55. The fraction of sp³-hybridized carbons (Fsp3) is 0.462. The summed E-state index contributed by atoms with van der Waals surface area (Å²) in [5.74, 6) is 3.41. The van der Waals surface area contributed by atoms with E-state index in [9.17, 15) is 4.79 Å². The van der Waals surface area contributed by atoms with Crippen molar-refractivity contribution >= 4 is 6.03 Å². The highest BCUT2D eigenvalue weighted by atomic mass is 16.2. The molecule has 3 aromatic rings. The second-order valence-electron chi connectivity index (χ2n) is 10.2. The summed E-state index contributed by atoms with van der Waals surface area (Å²) in [5.41, 5.74) is 2.98. The van der Waals surface area contributed by atoms with Gasteiger partial charge in [-0.3, -0.25) is 0 Å². The number of aryl methyl sites for hydroxylation is 1. The first-order valence-electron chi connectivity index (χ1n) is 11.9. The summed E-state index contributed by atoms with van der Waals surface area (Å²) >= 11 is 0. The largest absolute Gasteiger partial charge is 0.334 e. The van der Waals surface area contributed by atoms with Crippen LogP contribution in [0.5, 0.6) is 0 Å². The maximum absolute atomic E-state index is 13.0. The number of carbonyl (C=O) groups excluding carboxylic acids is 1. The van der Waals surface area contributed by atoms with Gasteiger partial charge in [0.1, 0.15) is 5.82 Å². The highest BCUT2D eigenvalue weighted by molar-refractivity contribution is 5.75. The van der Waals surface area contributed by atoms with Crippen molar-refractivity contribution < 1.29 is 4.79 Å². The third kappa shape index (κ3) is 3.42. The molecule has 0 spiro atoms. The lowest BCUT2D eigenvalue weighted by atomic mass is 9.53. The van der Waals surface area contributed by atoms with Crippen LogP contribution < -0.4 is 10.6 Å². The van der Waals surface area contributed by atoms with Gasteiger partial charge in [-0.2, -0.15) is 5.10 Å². The third-order valence-corrected chi connectivity index (χ3v) is 7.85. The number of para-hydroxylation sites is 1. The fourth-order valence-corrected chi connectivity index (χ4v) is 6.96. The Morgan fingerprint density at radius 1 is 1.00 bits per heavy atom. The van der Waals surface area contributed by atoms with E-state index >= 15 is 0 Å². The zero-order chi connectivity index (χ0) is 21.7. The minimum Gasteiger partial charge on any atom is -0.334 e. The maximum Gasteiger partial charge on any atom is 0.315 e. The Morgan fingerprint density at radius 2 is 1.62 bits per heavy atom. The molecule has 0 atom stereocenters. The fourth-order valence-electron chi connectivity index (χ4n) is 6.96. The Morgan fingerprint density at radius 3 is 2.25 bits per heavy atom. The number of benzene rings is 1. The lowest BCUT2D eigenvalue weighted by Gasteiger charge is -2.56. The maximum atomic E-state index is 13.0. The molecule has 7 rings (SSSR count). The Bertz CT molecular complexity index is 1080. The summed E-state index contributed by atoms with van der Waals surface area (Å²) < 4.78 is 4.03. The summed E-state index contributed by atoms with van der Waals surface area (Å²) in [4.78, 5) is 13.0. The molecule has 2 N–H and O–H groups in total. The molecule has 2 aromatic heterocycles. The zero-order valence-electron chi connectivity index (χ0n) is 18.6. The highest BCUT2D eigenvalue weighted by Gasteiger charge is 2.51. The van der Waals surface area contributed by atoms with Crippen molar-refractivity contribution in [3.05, 3.63) is 66.1 Å². The molecule has 6 nitrogen and oxygen atoms in total. The zero-order valence-corrected chi connectivity index (χ0v) is 18.6. The molecule has 4 bridgehead atoms. The van der Waals surface area contributed by atoms with Gasteiger partial charge in [-0.05, 0) is 87.5 Å². The lowest BCUT2D eigenvalue weighted by molar-refractivity contribution is -0.0135. The molecule has 4 saturated carbocycles. The van der Waals surface area contributed by atoms with Crippen LogP contribution in [0.3, 0.4) is 0 Å². The molecule has 0 unspecified atom stereocenters. The molecule has 0 radical (unpaired) electrons. The SMILES string of the molecule is Cc1nn(-c2ccccc2)c(-n2cccc2)c1CNC(=O)NC12CC3CC(CC(C3)C1)C2. The van der Waals surface area contributed by atoms with Crippen molar-refractivity contribution in [3.63, 3.8) is 0 Å². The molecule has 0 saturated heterocycles. The summed E-state index contributed by atoms with van der Waals surface area (Å²) in [6.07, 6.45) is 11.6. The lowest BCUT2D eigenvalue weighted by Crippen LogP contribution is -2.61. The number of amides is 2. The molecular weight excluding hydrogens is 398 g/mol. The Kier molecular flexibility index (Phi) is 4.63. The van der Waals surface area contributed by atoms with Gasteiger partial charge in [0.05, 0.1) is 17.9 Å². The summed E-state index contributed by atoms with van der Waals surface area (Å²) in [5, 5.41) is 11.4. The van der Waals surface area contributed by atoms with Gasteiger partial charge in [-0.1, -0.05) is 18.2 Å². The molecule has 2 heterocycles. The van der Waals surface area contributed by atoms with Crippen LogP contribution in [0.25, 0.3) is 11.5 Å².